The highest BCUT2D eigenvalue weighted by molar-refractivity contribution is 5.98. The molecule has 0 bridgehead atoms. The molecule has 4 saturated heterocycles. The molecule has 3 unspecified atom stereocenters. The number of ether oxygens (including phenoxy) is 1. The summed E-state index contributed by atoms with van der Waals surface area (Å²) in [6.45, 7) is 11.0. The van der Waals surface area contributed by atoms with Crippen molar-refractivity contribution in [1.82, 2.24) is 25.0 Å². The maximum absolute atomic E-state index is 13.8. The van der Waals surface area contributed by atoms with Gasteiger partial charge < -0.3 is 14.5 Å². The Hall–Kier alpha value is -2.53. The van der Waals surface area contributed by atoms with E-state index in [1.54, 1.807) is 5.01 Å². The number of carbonyl (C=O) groups excluding carboxylic acids is 3. The van der Waals surface area contributed by atoms with Gasteiger partial charge in [0.05, 0.1) is 43.3 Å². The van der Waals surface area contributed by atoms with E-state index < -0.39 is 0 Å². The van der Waals surface area contributed by atoms with E-state index in [2.05, 4.69) is 29.1 Å². The molecule has 10 nitrogen and oxygen atoms in total. The van der Waals surface area contributed by atoms with Gasteiger partial charge in [-0.25, -0.2) is 10.4 Å². The standard InChI is InChI=1S/C26H38N6O4/c1-19(2)31-16-21(24-22(17-31)26(35)32(27-24)20-6-4-3-5-7-20)25(34)30-10-8-28(9-11-30)18-23(33)29-12-14-36-15-13-29/h3-7,19,21-22,24,27H,8-18H2,1-2H3. The maximum atomic E-state index is 13.8. The molecular weight excluding hydrogens is 460 g/mol. The fourth-order valence-electron chi connectivity index (χ4n) is 5.77. The van der Waals surface area contributed by atoms with Crippen molar-refractivity contribution in [3.8, 4) is 0 Å². The van der Waals surface area contributed by atoms with Crippen LogP contribution < -0.4 is 10.4 Å². The van der Waals surface area contributed by atoms with Gasteiger partial charge in [0.1, 0.15) is 0 Å². The van der Waals surface area contributed by atoms with Crippen LogP contribution >= 0.6 is 0 Å². The molecule has 196 valence electrons. The number of hydrogen-bond donors (Lipinski definition) is 1. The summed E-state index contributed by atoms with van der Waals surface area (Å²) < 4.78 is 5.34. The number of carbonyl (C=O) groups is 3. The highest BCUT2D eigenvalue weighted by Gasteiger charge is 2.52. The number of amides is 3. The van der Waals surface area contributed by atoms with E-state index in [1.165, 1.54) is 0 Å². The Morgan fingerprint density at radius 3 is 2.33 bits per heavy atom. The van der Waals surface area contributed by atoms with E-state index in [9.17, 15) is 14.4 Å². The molecule has 0 aromatic heterocycles. The first-order valence-electron chi connectivity index (χ1n) is 13.2. The lowest BCUT2D eigenvalue weighted by Crippen LogP contribution is -2.61. The molecule has 1 N–H and O–H groups in total. The third-order valence-corrected chi connectivity index (χ3v) is 8.01. The van der Waals surface area contributed by atoms with Crippen molar-refractivity contribution >= 4 is 23.4 Å². The van der Waals surface area contributed by atoms with Gasteiger partial charge in [-0.05, 0) is 26.0 Å². The average Bonchev–Trinajstić information content (AvgIpc) is 3.25. The van der Waals surface area contributed by atoms with Crippen LogP contribution in [0.4, 0.5) is 5.69 Å². The third kappa shape index (κ3) is 5.13. The van der Waals surface area contributed by atoms with Crippen LogP contribution in [0.15, 0.2) is 30.3 Å². The Bertz CT molecular complexity index is 945. The monoisotopic (exact) mass is 498 g/mol. The van der Waals surface area contributed by atoms with Crippen LogP contribution in [0.25, 0.3) is 0 Å². The van der Waals surface area contributed by atoms with Gasteiger partial charge in [-0.3, -0.25) is 24.2 Å². The number of hydrogen-bond acceptors (Lipinski definition) is 7. The molecule has 0 saturated carbocycles. The first-order valence-corrected chi connectivity index (χ1v) is 13.2. The number of nitrogens with zero attached hydrogens (tertiary/aromatic N) is 5. The summed E-state index contributed by atoms with van der Waals surface area (Å²) in [7, 11) is 0. The van der Waals surface area contributed by atoms with E-state index in [1.807, 2.05) is 40.1 Å². The van der Waals surface area contributed by atoms with E-state index in [-0.39, 0.29) is 41.6 Å². The van der Waals surface area contributed by atoms with E-state index in [0.717, 1.165) is 5.69 Å². The number of benzene rings is 1. The van der Waals surface area contributed by atoms with E-state index >= 15 is 0 Å². The van der Waals surface area contributed by atoms with Crippen LogP contribution in [0.2, 0.25) is 0 Å². The van der Waals surface area contributed by atoms with Crippen LogP contribution in [0, 0.1) is 11.8 Å². The van der Waals surface area contributed by atoms with Crippen molar-refractivity contribution in [3.63, 3.8) is 0 Å². The van der Waals surface area contributed by atoms with Gasteiger partial charge in [0.25, 0.3) is 0 Å². The number of anilines is 1. The van der Waals surface area contributed by atoms with Crippen molar-refractivity contribution in [2.45, 2.75) is 25.9 Å². The second-order valence-corrected chi connectivity index (χ2v) is 10.5. The summed E-state index contributed by atoms with van der Waals surface area (Å²) in [6, 6.07) is 9.62. The van der Waals surface area contributed by atoms with E-state index in [4.69, 9.17) is 4.74 Å². The summed E-state index contributed by atoms with van der Waals surface area (Å²) in [5.41, 5.74) is 4.20. The Balaban J connectivity index is 1.23. The number of piperidine rings is 1. The van der Waals surface area contributed by atoms with Crippen LogP contribution in [-0.2, 0) is 19.1 Å². The minimum Gasteiger partial charge on any atom is -0.378 e. The lowest BCUT2D eigenvalue weighted by atomic mass is 9.83. The minimum absolute atomic E-state index is 0.0285. The molecule has 36 heavy (non-hydrogen) atoms. The molecule has 4 heterocycles. The maximum Gasteiger partial charge on any atom is 0.247 e. The highest BCUT2D eigenvalue weighted by atomic mass is 16.5. The summed E-state index contributed by atoms with van der Waals surface area (Å²) in [5.74, 6) is -0.297. The molecule has 1 aromatic carbocycles. The first kappa shape index (κ1) is 25.1. The zero-order chi connectivity index (χ0) is 25.2. The molecule has 4 aliphatic heterocycles. The van der Waals surface area contributed by atoms with Gasteiger partial charge in [-0.2, -0.15) is 0 Å². The third-order valence-electron chi connectivity index (χ3n) is 8.01. The Morgan fingerprint density at radius 1 is 0.972 bits per heavy atom. The fourth-order valence-corrected chi connectivity index (χ4v) is 5.77. The van der Waals surface area contributed by atoms with Crippen LogP contribution in [0.1, 0.15) is 13.8 Å². The summed E-state index contributed by atoms with van der Waals surface area (Å²) in [6.07, 6.45) is 0. The van der Waals surface area contributed by atoms with Crippen LogP contribution in [0.3, 0.4) is 0 Å². The Morgan fingerprint density at radius 2 is 1.67 bits per heavy atom. The quantitative estimate of drug-likeness (QED) is 0.605. The summed E-state index contributed by atoms with van der Waals surface area (Å²) >= 11 is 0. The van der Waals surface area contributed by atoms with Gasteiger partial charge in [0.2, 0.25) is 17.7 Å². The van der Waals surface area contributed by atoms with Crippen molar-refractivity contribution in [2.75, 3.05) is 77.1 Å². The molecule has 10 heteroatoms. The number of para-hydroxylation sites is 1. The molecule has 1 aromatic rings. The zero-order valence-electron chi connectivity index (χ0n) is 21.3. The van der Waals surface area contributed by atoms with Crippen LogP contribution in [-0.4, -0.2) is 122 Å². The normalized spacial score (nSPS) is 28.0. The zero-order valence-corrected chi connectivity index (χ0v) is 21.3. The van der Waals surface area contributed by atoms with E-state index in [0.29, 0.717) is 72.1 Å². The molecular formula is C26H38N6O4. The van der Waals surface area contributed by atoms with Crippen molar-refractivity contribution in [1.29, 1.82) is 0 Å². The number of fused-ring (bicyclic) bond motifs is 1. The second kappa shape index (κ2) is 10.8. The number of piperazine rings is 1. The SMILES string of the molecule is CC(C)N1CC(C(=O)N2CCN(CC(=O)N3CCOCC3)CC2)C2NN(c3ccccc3)C(=O)C2C1. The Kier molecular flexibility index (Phi) is 7.57. The smallest absolute Gasteiger partial charge is 0.247 e. The predicted molar refractivity (Wildman–Crippen MR) is 135 cm³/mol. The minimum atomic E-state index is -0.301. The molecule has 0 aliphatic carbocycles. The van der Waals surface area contributed by atoms with Gasteiger partial charge in [0.15, 0.2) is 0 Å². The van der Waals surface area contributed by atoms with Gasteiger partial charge in [0, 0.05) is 58.4 Å². The van der Waals surface area contributed by atoms with Gasteiger partial charge in [-0.1, -0.05) is 18.2 Å². The number of hydrazine groups is 1. The topological polar surface area (TPSA) is 88.7 Å². The number of rotatable bonds is 5. The molecule has 4 fully saturated rings. The second-order valence-electron chi connectivity index (χ2n) is 10.5. The number of nitrogens with one attached hydrogen (secondary N) is 1. The molecule has 3 atom stereocenters. The number of likely N-dealkylation sites (tertiary alicyclic amines) is 1. The van der Waals surface area contributed by atoms with Crippen molar-refractivity contribution in [3.05, 3.63) is 30.3 Å². The predicted octanol–water partition coefficient (Wildman–Crippen LogP) is -0.134. The average molecular weight is 499 g/mol. The highest BCUT2D eigenvalue weighted by Crippen LogP contribution is 2.33. The molecule has 0 radical (unpaired) electrons. The molecule has 0 spiro atoms. The summed E-state index contributed by atoms with van der Waals surface area (Å²) in [4.78, 5) is 48.0. The largest absolute Gasteiger partial charge is 0.378 e. The molecule has 4 aliphatic rings. The summed E-state index contributed by atoms with van der Waals surface area (Å²) in [5, 5.41) is 1.63. The lowest BCUT2D eigenvalue weighted by molar-refractivity contribution is -0.142. The van der Waals surface area contributed by atoms with Crippen molar-refractivity contribution in [2.24, 2.45) is 11.8 Å². The molecule has 5 rings (SSSR count). The van der Waals surface area contributed by atoms with Gasteiger partial charge in [-0.15, -0.1) is 0 Å². The van der Waals surface area contributed by atoms with Crippen molar-refractivity contribution < 1.29 is 19.1 Å². The lowest BCUT2D eigenvalue weighted by Gasteiger charge is -2.43. The first-order chi connectivity index (χ1) is 17.4. The fraction of sp³-hybridized carbons (Fsp3) is 0.654. The van der Waals surface area contributed by atoms with Crippen LogP contribution in [0.5, 0.6) is 0 Å². The number of morpholine rings is 1. The van der Waals surface area contributed by atoms with Gasteiger partial charge >= 0.3 is 0 Å². The molecule has 3 amide bonds. The Labute approximate surface area is 213 Å².